The highest BCUT2D eigenvalue weighted by molar-refractivity contribution is 7.99. The van der Waals surface area contributed by atoms with Gasteiger partial charge in [-0.25, -0.2) is 0 Å². The van der Waals surface area contributed by atoms with Gasteiger partial charge >= 0.3 is 0 Å². The van der Waals surface area contributed by atoms with Crippen molar-refractivity contribution in [2.24, 2.45) is 0 Å². The average molecular weight is 309 g/mol. The molecule has 0 unspecified atom stereocenters. The van der Waals surface area contributed by atoms with Crippen molar-refractivity contribution in [1.29, 1.82) is 5.26 Å². The lowest BCUT2D eigenvalue weighted by Gasteiger charge is -2.21. The summed E-state index contributed by atoms with van der Waals surface area (Å²) in [4.78, 5) is 11.9. The van der Waals surface area contributed by atoms with Crippen LogP contribution in [-0.2, 0) is 10.5 Å². The van der Waals surface area contributed by atoms with Gasteiger partial charge in [0.25, 0.3) is 0 Å². The van der Waals surface area contributed by atoms with E-state index < -0.39 is 5.54 Å². The van der Waals surface area contributed by atoms with Crippen LogP contribution in [0.15, 0.2) is 24.3 Å². The number of carbonyl (C=O) groups is 1. The van der Waals surface area contributed by atoms with Gasteiger partial charge in [0.05, 0.1) is 11.8 Å². The fourth-order valence-electron chi connectivity index (χ4n) is 2.39. The van der Waals surface area contributed by atoms with E-state index >= 15 is 0 Å². The van der Waals surface area contributed by atoms with Crippen molar-refractivity contribution in [2.45, 2.75) is 37.0 Å². The molecule has 1 N–H and O–H groups in total. The van der Waals surface area contributed by atoms with Gasteiger partial charge < -0.3 is 5.32 Å². The van der Waals surface area contributed by atoms with E-state index in [2.05, 4.69) is 11.4 Å². The number of nitrogens with zero attached hydrogens (tertiary/aromatic N) is 1. The Labute approximate surface area is 128 Å². The number of nitrogens with one attached hydrogen (secondary N) is 1. The molecule has 0 aromatic heterocycles. The molecule has 5 heteroatoms. The van der Waals surface area contributed by atoms with E-state index in [0.717, 1.165) is 37.0 Å². The van der Waals surface area contributed by atoms with Gasteiger partial charge in [-0.2, -0.15) is 5.26 Å². The molecule has 0 aliphatic heterocycles. The Morgan fingerprint density at radius 1 is 1.35 bits per heavy atom. The summed E-state index contributed by atoms with van der Waals surface area (Å²) in [6.07, 6.45) is 3.59. The summed E-state index contributed by atoms with van der Waals surface area (Å²) in [6.45, 7) is 0. The molecule has 0 saturated heterocycles. The zero-order valence-corrected chi connectivity index (χ0v) is 12.8. The van der Waals surface area contributed by atoms with E-state index in [9.17, 15) is 10.1 Å². The zero-order chi connectivity index (χ0) is 14.4. The Morgan fingerprint density at radius 2 is 2.00 bits per heavy atom. The predicted molar refractivity (Wildman–Crippen MR) is 82.6 cm³/mol. The third-order valence-electron chi connectivity index (χ3n) is 3.46. The molecule has 2 rings (SSSR count). The SMILES string of the molecule is N#CC1(NC(=O)CSCc2ccc(Cl)cc2)CCCC1. The Hall–Kier alpha value is -1.18. The van der Waals surface area contributed by atoms with Crippen LogP contribution in [0.4, 0.5) is 0 Å². The molecule has 1 aliphatic carbocycles. The van der Waals surface area contributed by atoms with Crippen LogP contribution < -0.4 is 5.32 Å². The highest BCUT2D eigenvalue weighted by Crippen LogP contribution is 2.29. The lowest BCUT2D eigenvalue weighted by Crippen LogP contribution is -2.45. The molecule has 0 atom stereocenters. The van der Waals surface area contributed by atoms with Gasteiger partial charge in [0.1, 0.15) is 5.54 Å². The van der Waals surface area contributed by atoms with Crippen molar-refractivity contribution in [2.75, 3.05) is 5.75 Å². The summed E-state index contributed by atoms with van der Waals surface area (Å²) in [5.41, 5.74) is 0.529. The van der Waals surface area contributed by atoms with Gasteiger partial charge in [0.15, 0.2) is 0 Å². The first kappa shape index (κ1) is 15.2. The van der Waals surface area contributed by atoms with Crippen LogP contribution in [-0.4, -0.2) is 17.2 Å². The minimum Gasteiger partial charge on any atom is -0.337 e. The monoisotopic (exact) mass is 308 g/mol. The maximum absolute atomic E-state index is 11.9. The summed E-state index contributed by atoms with van der Waals surface area (Å²) < 4.78 is 0. The summed E-state index contributed by atoms with van der Waals surface area (Å²) in [6, 6.07) is 9.88. The van der Waals surface area contributed by atoms with Crippen LogP contribution in [0.1, 0.15) is 31.2 Å². The number of nitriles is 1. The maximum atomic E-state index is 11.9. The van der Waals surface area contributed by atoms with Crippen LogP contribution >= 0.6 is 23.4 Å². The standard InChI is InChI=1S/C15H17ClN2OS/c16-13-5-3-12(4-6-13)9-20-10-14(19)18-15(11-17)7-1-2-8-15/h3-6H,1-2,7-10H2,(H,18,19). The lowest BCUT2D eigenvalue weighted by atomic mass is 10.0. The molecule has 0 radical (unpaired) electrons. The molecule has 1 amide bonds. The number of rotatable bonds is 5. The lowest BCUT2D eigenvalue weighted by molar-refractivity contribution is -0.119. The van der Waals surface area contributed by atoms with Crippen LogP contribution in [0.2, 0.25) is 5.02 Å². The number of halogens is 1. The molecular formula is C15H17ClN2OS. The van der Waals surface area contributed by atoms with Crippen molar-refractivity contribution >= 4 is 29.3 Å². The number of benzene rings is 1. The molecule has 106 valence electrons. The molecule has 0 bridgehead atoms. The first-order chi connectivity index (χ1) is 9.63. The number of hydrogen-bond donors (Lipinski definition) is 1. The highest BCUT2D eigenvalue weighted by Gasteiger charge is 2.35. The van der Waals surface area contributed by atoms with E-state index in [1.807, 2.05) is 24.3 Å². The summed E-state index contributed by atoms with van der Waals surface area (Å²) in [5.74, 6) is 1.10. The van der Waals surface area contributed by atoms with Gasteiger partial charge in [-0.05, 0) is 43.4 Å². The number of amides is 1. The normalized spacial score (nSPS) is 16.6. The molecule has 3 nitrogen and oxygen atoms in total. The number of thioether (sulfide) groups is 1. The summed E-state index contributed by atoms with van der Waals surface area (Å²) in [7, 11) is 0. The second-order valence-electron chi connectivity index (χ2n) is 5.07. The first-order valence-electron chi connectivity index (χ1n) is 6.68. The van der Waals surface area contributed by atoms with E-state index in [1.54, 1.807) is 11.8 Å². The fraction of sp³-hybridized carbons (Fsp3) is 0.467. The highest BCUT2D eigenvalue weighted by atomic mass is 35.5. The third-order valence-corrected chi connectivity index (χ3v) is 4.72. The van der Waals surface area contributed by atoms with Gasteiger partial charge in [0, 0.05) is 10.8 Å². The zero-order valence-electron chi connectivity index (χ0n) is 11.2. The molecular weight excluding hydrogens is 292 g/mol. The quantitative estimate of drug-likeness (QED) is 0.905. The Kier molecular flexibility index (Phi) is 5.33. The fourth-order valence-corrected chi connectivity index (χ4v) is 3.30. The van der Waals surface area contributed by atoms with E-state index in [1.165, 1.54) is 0 Å². The van der Waals surface area contributed by atoms with Crippen molar-refractivity contribution in [3.8, 4) is 6.07 Å². The minimum atomic E-state index is -0.613. The van der Waals surface area contributed by atoms with Gasteiger partial charge in [-0.1, -0.05) is 23.7 Å². The molecule has 1 saturated carbocycles. The summed E-state index contributed by atoms with van der Waals surface area (Å²) in [5, 5.41) is 12.8. The maximum Gasteiger partial charge on any atom is 0.231 e. The molecule has 0 spiro atoms. The molecule has 20 heavy (non-hydrogen) atoms. The smallest absolute Gasteiger partial charge is 0.231 e. The van der Waals surface area contributed by atoms with Crippen LogP contribution in [0.5, 0.6) is 0 Å². The Bertz CT molecular complexity index is 504. The van der Waals surface area contributed by atoms with Gasteiger partial charge in [-0.3, -0.25) is 4.79 Å². The topological polar surface area (TPSA) is 52.9 Å². The van der Waals surface area contributed by atoms with Crippen LogP contribution in [0.3, 0.4) is 0 Å². The molecule has 1 aromatic carbocycles. The minimum absolute atomic E-state index is 0.0487. The largest absolute Gasteiger partial charge is 0.337 e. The Morgan fingerprint density at radius 3 is 2.60 bits per heavy atom. The van der Waals surface area contributed by atoms with Crippen LogP contribution in [0.25, 0.3) is 0 Å². The molecule has 1 aliphatic rings. The van der Waals surface area contributed by atoms with Gasteiger partial charge in [0.2, 0.25) is 5.91 Å². The predicted octanol–water partition coefficient (Wildman–Crippen LogP) is 3.53. The first-order valence-corrected chi connectivity index (χ1v) is 8.21. The van der Waals surface area contributed by atoms with E-state index in [-0.39, 0.29) is 5.91 Å². The average Bonchev–Trinajstić information content (AvgIpc) is 2.90. The van der Waals surface area contributed by atoms with Gasteiger partial charge in [-0.15, -0.1) is 11.8 Å². The Balaban J connectivity index is 1.75. The second-order valence-corrected chi connectivity index (χ2v) is 6.49. The second kappa shape index (κ2) is 7.01. The van der Waals surface area contributed by atoms with Crippen molar-refractivity contribution in [1.82, 2.24) is 5.32 Å². The van der Waals surface area contributed by atoms with E-state index in [4.69, 9.17) is 11.6 Å². The van der Waals surface area contributed by atoms with Crippen molar-refractivity contribution in [3.05, 3.63) is 34.9 Å². The van der Waals surface area contributed by atoms with Crippen molar-refractivity contribution < 1.29 is 4.79 Å². The number of hydrogen-bond acceptors (Lipinski definition) is 3. The van der Waals surface area contributed by atoms with Crippen molar-refractivity contribution in [3.63, 3.8) is 0 Å². The molecule has 1 fully saturated rings. The van der Waals surface area contributed by atoms with Crippen LogP contribution in [0, 0.1) is 11.3 Å². The molecule has 0 heterocycles. The molecule has 1 aromatic rings. The van der Waals surface area contributed by atoms with E-state index in [0.29, 0.717) is 10.8 Å². The number of carbonyl (C=O) groups excluding carboxylic acids is 1. The third kappa shape index (κ3) is 4.16. The summed E-state index contributed by atoms with van der Waals surface area (Å²) >= 11 is 7.37.